The third kappa shape index (κ3) is 5.23. The van der Waals surface area contributed by atoms with E-state index in [1.165, 1.54) is 0 Å². The predicted octanol–water partition coefficient (Wildman–Crippen LogP) is -0.255. The van der Waals surface area contributed by atoms with Crippen LogP contribution in [-0.2, 0) is 21.4 Å². The van der Waals surface area contributed by atoms with Gasteiger partial charge in [0.2, 0.25) is 0 Å². The normalized spacial score (nSPS) is 15.1. The van der Waals surface area contributed by atoms with Gasteiger partial charge in [-0.05, 0) is 0 Å². The Hall–Kier alpha value is -0.450. The Bertz CT molecular complexity index is 200. The number of hydrogen-bond donors (Lipinski definition) is 3. The summed E-state index contributed by atoms with van der Waals surface area (Å²) >= 11 is 4.43. The van der Waals surface area contributed by atoms with Crippen molar-refractivity contribution in [3.05, 3.63) is 0 Å². The molecule has 7 heteroatoms. The molecule has 0 saturated carbocycles. The molecule has 3 N–H and O–H groups in total. The van der Waals surface area contributed by atoms with Crippen LogP contribution in [0.2, 0.25) is 0 Å². The first kappa shape index (κ1) is 11.6. The zero-order valence-corrected chi connectivity index (χ0v) is 7.87. The lowest BCUT2D eigenvalue weighted by molar-refractivity contribution is -0.147. The fraction of sp³-hybridized carbons (Fsp3) is 0.600. The van der Waals surface area contributed by atoms with Crippen LogP contribution < -0.4 is 0 Å². The van der Waals surface area contributed by atoms with E-state index in [-0.39, 0.29) is 6.16 Å². The average Bonchev–Trinajstić information content (AvgIpc) is 1.83. The van der Waals surface area contributed by atoms with Crippen LogP contribution in [0.25, 0.3) is 0 Å². The summed E-state index contributed by atoms with van der Waals surface area (Å²) in [5.41, 5.74) is 0. The van der Waals surface area contributed by atoms with Gasteiger partial charge in [-0.3, -0.25) is 9.59 Å². The van der Waals surface area contributed by atoms with Crippen molar-refractivity contribution in [1.29, 1.82) is 0 Å². The molecular weight excluding hydrogens is 203 g/mol. The molecule has 0 aliphatic carbocycles. The topological polar surface area (TPSA) is 94.8 Å². The van der Waals surface area contributed by atoms with Crippen LogP contribution in [-0.4, -0.2) is 33.2 Å². The van der Waals surface area contributed by atoms with Crippen molar-refractivity contribution in [3.8, 4) is 0 Å². The number of carboxylic acid groups (broad SMARTS) is 2. The zero-order valence-electron chi connectivity index (χ0n) is 6.06. The van der Waals surface area contributed by atoms with Crippen molar-refractivity contribution in [1.82, 2.24) is 0 Å². The van der Waals surface area contributed by atoms with Gasteiger partial charge < -0.3 is 15.1 Å². The first-order chi connectivity index (χ1) is 5.43. The zero-order chi connectivity index (χ0) is 9.72. The van der Waals surface area contributed by atoms with E-state index in [4.69, 9.17) is 15.1 Å². The largest absolute Gasteiger partial charge is 0.481 e. The molecule has 0 aromatic carbocycles. The summed E-state index contributed by atoms with van der Waals surface area (Å²) in [5.74, 6) is -3.47. The molecule has 2 atom stereocenters. The molecule has 5 nitrogen and oxygen atoms in total. The van der Waals surface area contributed by atoms with E-state index < -0.39 is 31.2 Å². The third-order valence-electron chi connectivity index (χ3n) is 1.19. The van der Waals surface area contributed by atoms with Gasteiger partial charge in [-0.15, -0.1) is 0 Å². The lowest BCUT2D eigenvalue weighted by Crippen LogP contribution is -2.19. The maximum Gasteiger partial charge on any atom is 0.307 e. The van der Waals surface area contributed by atoms with Gasteiger partial charge in [0, 0.05) is 6.16 Å². The van der Waals surface area contributed by atoms with Crippen LogP contribution in [0.3, 0.4) is 0 Å². The number of aliphatic carboxylic acids is 2. The highest BCUT2D eigenvalue weighted by molar-refractivity contribution is 8.02. The van der Waals surface area contributed by atoms with Gasteiger partial charge in [0.15, 0.2) is 0 Å². The summed E-state index contributed by atoms with van der Waals surface area (Å²) in [6.45, 7) is -2.08. The van der Waals surface area contributed by atoms with E-state index in [2.05, 4.69) is 11.8 Å². The smallest absolute Gasteiger partial charge is 0.307 e. The molecule has 0 amide bonds. The summed E-state index contributed by atoms with van der Waals surface area (Å²) in [7, 11) is 0. The van der Waals surface area contributed by atoms with E-state index in [1.807, 2.05) is 0 Å². The fourth-order valence-corrected chi connectivity index (χ4v) is 2.01. The fourth-order valence-electron chi connectivity index (χ4n) is 0.668. The van der Waals surface area contributed by atoms with Crippen LogP contribution in [0.1, 0.15) is 6.42 Å². The van der Waals surface area contributed by atoms with Crippen molar-refractivity contribution in [2.24, 2.45) is 5.92 Å². The van der Waals surface area contributed by atoms with E-state index >= 15 is 0 Å². The van der Waals surface area contributed by atoms with Crippen LogP contribution in [0.15, 0.2) is 0 Å². The Morgan fingerprint density at radius 3 is 2.17 bits per heavy atom. The molecule has 0 aromatic rings. The molecule has 0 bridgehead atoms. The van der Waals surface area contributed by atoms with Gasteiger partial charge in [-0.25, -0.2) is 0 Å². The van der Waals surface area contributed by atoms with Gasteiger partial charge >= 0.3 is 11.9 Å². The standard InChI is InChI=1S/C5H9O5PS/c6-4(7)1-3(5(8)9)2-11(10)12/h3,11H,1-2H2,(H,6,7)(H,8,9)(H,10,12). The van der Waals surface area contributed by atoms with Crippen molar-refractivity contribution in [3.63, 3.8) is 0 Å². The molecule has 70 valence electrons. The quantitative estimate of drug-likeness (QED) is 0.544. The number of hydrogen-bond acceptors (Lipinski definition) is 3. The molecule has 0 saturated heterocycles. The molecular formula is C5H9O5PS. The number of carbonyl (C=O) groups is 2. The minimum Gasteiger partial charge on any atom is -0.481 e. The van der Waals surface area contributed by atoms with Crippen molar-refractivity contribution in [2.45, 2.75) is 6.42 Å². The van der Waals surface area contributed by atoms with E-state index in [0.29, 0.717) is 0 Å². The van der Waals surface area contributed by atoms with E-state index in [1.54, 1.807) is 0 Å². The lowest BCUT2D eigenvalue weighted by Gasteiger charge is -2.07. The molecule has 0 radical (unpaired) electrons. The lowest BCUT2D eigenvalue weighted by atomic mass is 10.1. The molecule has 0 fully saturated rings. The van der Waals surface area contributed by atoms with E-state index in [9.17, 15) is 9.59 Å². The highest BCUT2D eigenvalue weighted by atomic mass is 32.4. The van der Waals surface area contributed by atoms with Crippen molar-refractivity contribution in [2.75, 3.05) is 6.16 Å². The first-order valence-corrected chi connectivity index (χ1v) is 5.88. The Morgan fingerprint density at radius 2 is 1.92 bits per heavy atom. The maximum atomic E-state index is 10.4. The minimum atomic E-state index is -2.08. The number of carboxylic acids is 2. The van der Waals surface area contributed by atoms with Crippen LogP contribution in [0.5, 0.6) is 0 Å². The number of rotatable bonds is 5. The molecule has 0 heterocycles. The van der Waals surface area contributed by atoms with Gasteiger partial charge in [-0.2, -0.15) is 0 Å². The second-order valence-corrected chi connectivity index (χ2v) is 4.84. The SMILES string of the molecule is O=C(O)CC(C[PH](O)=S)C(=O)O. The van der Waals surface area contributed by atoms with Crippen LogP contribution in [0, 0.1) is 5.92 Å². The highest BCUT2D eigenvalue weighted by Crippen LogP contribution is 2.20. The second kappa shape index (κ2) is 5.24. The Morgan fingerprint density at radius 1 is 1.42 bits per heavy atom. The van der Waals surface area contributed by atoms with Gasteiger partial charge in [0.1, 0.15) is 0 Å². The van der Waals surface area contributed by atoms with E-state index in [0.717, 1.165) is 0 Å². The van der Waals surface area contributed by atoms with Crippen LogP contribution >= 0.6 is 6.92 Å². The minimum absolute atomic E-state index is 0.109. The molecule has 2 unspecified atom stereocenters. The molecule has 0 spiro atoms. The van der Waals surface area contributed by atoms with Gasteiger partial charge in [-0.1, -0.05) is 11.8 Å². The summed E-state index contributed by atoms with van der Waals surface area (Å²) in [6, 6.07) is 0. The second-order valence-electron chi connectivity index (χ2n) is 2.23. The molecule has 0 aliphatic heterocycles. The van der Waals surface area contributed by atoms with Crippen molar-refractivity contribution < 1.29 is 24.7 Å². The maximum absolute atomic E-state index is 10.4. The van der Waals surface area contributed by atoms with Gasteiger partial charge in [0.05, 0.1) is 19.3 Å². The molecule has 12 heavy (non-hydrogen) atoms. The predicted molar refractivity (Wildman–Crippen MR) is 46.1 cm³/mol. The van der Waals surface area contributed by atoms with Crippen LogP contribution in [0.4, 0.5) is 0 Å². The monoisotopic (exact) mass is 212 g/mol. The summed E-state index contributed by atoms with van der Waals surface area (Å²) in [4.78, 5) is 29.2. The molecule has 0 rings (SSSR count). The highest BCUT2D eigenvalue weighted by Gasteiger charge is 2.21. The molecule has 0 aliphatic rings. The average molecular weight is 212 g/mol. The van der Waals surface area contributed by atoms with Gasteiger partial charge in [0.25, 0.3) is 0 Å². The first-order valence-electron chi connectivity index (χ1n) is 3.10. The van der Waals surface area contributed by atoms with Crippen molar-refractivity contribution >= 4 is 30.7 Å². The summed E-state index contributed by atoms with van der Waals surface area (Å²) in [6.07, 6.45) is -0.595. The third-order valence-corrected chi connectivity index (χ3v) is 2.53. The molecule has 0 aromatic heterocycles. The summed E-state index contributed by atoms with van der Waals surface area (Å²) in [5, 5.41) is 16.7. The Kier molecular flexibility index (Phi) is 5.04. The summed E-state index contributed by atoms with van der Waals surface area (Å²) < 4.78 is 0. The Balaban J connectivity index is 4.14. The Labute approximate surface area is 74.5 Å².